The number of amides is 1. The summed E-state index contributed by atoms with van der Waals surface area (Å²) in [6, 6.07) is 8.00. The first-order valence-electron chi connectivity index (χ1n) is 6.65. The first-order chi connectivity index (χ1) is 9.59. The second-order valence-electron chi connectivity index (χ2n) is 4.83. The van der Waals surface area contributed by atoms with Crippen molar-refractivity contribution in [1.29, 1.82) is 0 Å². The molecule has 6 nitrogen and oxygen atoms in total. The van der Waals surface area contributed by atoms with E-state index in [1.807, 2.05) is 18.2 Å². The number of aliphatic carboxylic acids is 1. The normalized spacial score (nSPS) is 21.1. The van der Waals surface area contributed by atoms with Crippen molar-refractivity contribution in [3.63, 3.8) is 0 Å². The molecular weight excluding hydrogens is 258 g/mol. The van der Waals surface area contributed by atoms with Gasteiger partial charge in [-0.25, -0.2) is 0 Å². The molecular formula is C14H19N3O3. The minimum Gasteiger partial charge on any atom is -0.480 e. The fraction of sp³-hybridized carbons (Fsp3) is 0.429. The Bertz CT molecular complexity index is 478. The SMILES string of the molecule is CC(C(=O)Nc1ccccc1)N1CCNCC1C(=O)O. The Morgan fingerprint density at radius 3 is 2.75 bits per heavy atom. The monoisotopic (exact) mass is 277 g/mol. The minimum absolute atomic E-state index is 0.190. The molecule has 1 heterocycles. The van der Waals surface area contributed by atoms with Gasteiger partial charge < -0.3 is 15.7 Å². The maximum absolute atomic E-state index is 12.2. The number of piperazine rings is 1. The number of anilines is 1. The summed E-state index contributed by atoms with van der Waals surface area (Å²) in [4.78, 5) is 25.2. The summed E-state index contributed by atoms with van der Waals surface area (Å²) in [7, 11) is 0. The van der Waals surface area contributed by atoms with Gasteiger partial charge in [0, 0.05) is 25.3 Å². The first kappa shape index (κ1) is 14.5. The van der Waals surface area contributed by atoms with Crippen LogP contribution in [0.1, 0.15) is 6.92 Å². The Labute approximate surface area is 117 Å². The summed E-state index contributed by atoms with van der Waals surface area (Å²) in [5.74, 6) is -1.10. The van der Waals surface area contributed by atoms with Crippen LogP contribution >= 0.6 is 0 Å². The lowest BCUT2D eigenvalue weighted by Crippen LogP contribution is -2.60. The molecule has 1 amide bonds. The number of para-hydroxylation sites is 1. The highest BCUT2D eigenvalue weighted by atomic mass is 16.4. The molecule has 0 bridgehead atoms. The van der Waals surface area contributed by atoms with Crippen LogP contribution in [0.25, 0.3) is 0 Å². The number of hydrogen-bond donors (Lipinski definition) is 3. The van der Waals surface area contributed by atoms with Crippen molar-refractivity contribution in [3.8, 4) is 0 Å². The standard InChI is InChI=1S/C14H19N3O3/c1-10(13(18)16-11-5-3-2-4-6-11)17-8-7-15-9-12(17)14(19)20/h2-6,10,12,15H,7-9H2,1H3,(H,16,18)(H,19,20). The van der Waals surface area contributed by atoms with E-state index < -0.39 is 18.1 Å². The van der Waals surface area contributed by atoms with E-state index in [0.29, 0.717) is 25.3 Å². The number of nitrogens with zero attached hydrogens (tertiary/aromatic N) is 1. The maximum atomic E-state index is 12.2. The number of carbonyl (C=O) groups is 2. The molecule has 2 atom stereocenters. The Morgan fingerprint density at radius 1 is 1.40 bits per heavy atom. The third kappa shape index (κ3) is 3.34. The summed E-state index contributed by atoms with van der Waals surface area (Å²) in [5, 5.41) is 15.1. The van der Waals surface area contributed by atoms with Gasteiger partial charge in [0.25, 0.3) is 0 Å². The average molecular weight is 277 g/mol. The number of carbonyl (C=O) groups excluding carboxylic acids is 1. The largest absolute Gasteiger partial charge is 0.480 e. The molecule has 2 unspecified atom stereocenters. The summed E-state index contributed by atoms with van der Waals surface area (Å²) in [6.45, 7) is 3.32. The molecule has 1 saturated heterocycles. The van der Waals surface area contributed by atoms with Crippen molar-refractivity contribution in [3.05, 3.63) is 30.3 Å². The van der Waals surface area contributed by atoms with Gasteiger partial charge in [-0.05, 0) is 19.1 Å². The molecule has 1 aromatic rings. The molecule has 0 radical (unpaired) electrons. The van der Waals surface area contributed by atoms with Gasteiger partial charge in [0.2, 0.25) is 5.91 Å². The zero-order chi connectivity index (χ0) is 14.5. The van der Waals surface area contributed by atoms with Crippen molar-refractivity contribution in [2.45, 2.75) is 19.0 Å². The lowest BCUT2D eigenvalue weighted by atomic mass is 10.1. The third-order valence-corrected chi connectivity index (χ3v) is 3.49. The van der Waals surface area contributed by atoms with E-state index in [1.54, 1.807) is 24.0 Å². The summed E-state index contributed by atoms with van der Waals surface area (Å²) in [6.07, 6.45) is 0. The molecule has 108 valence electrons. The van der Waals surface area contributed by atoms with Gasteiger partial charge in [-0.3, -0.25) is 14.5 Å². The van der Waals surface area contributed by atoms with E-state index in [0.717, 1.165) is 0 Å². The second-order valence-corrected chi connectivity index (χ2v) is 4.83. The third-order valence-electron chi connectivity index (χ3n) is 3.49. The molecule has 1 aliphatic rings. The van der Waals surface area contributed by atoms with Crippen LogP contribution in [0.4, 0.5) is 5.69 Å². The van der Waals surface area contributed by atoms with E-state index in [9.17, 15) is 14.7 Å². The summed E-state index contributed by atoms with van der Waals surface area (Å²) in [5.41, 5.74) is 0.714. The summed E-state index contributed by atoms with van der Waals surface area (Å²) < 4.78 is 0. The van der Waals surface area contributed by atoms with E-state index in [-0.39, 0.29) is 5.91 Å². The Morgan fingerprint density at radius 2 is 2.10 bits per heavy atom. The molecule has 3 N–H and O–H groups in total. The fourth-order valence-corrected chi connectivity index (χ4v) is 2.33. The van der Waals surface area contributed by atoms with Gasteiger partial charge in [0.05, 0.1) is 6.04 Å². The van der Waals surface area contributed by atoms with Gasteiger partial charge in [0.1, 0.15) is 6.04 Å². The Hall–Kier alpha value is -1.92. The zero-order valence-corrected chi connectivity index (χ0v) is 11.4. The number of carboxylic acids is 1. The molecule has 20 heavy (non-hydrogen) atoms. The highest BCUT2D eigenvalue weighted by molar-refractivity contribution is 5.95. The number of hydrogen-bond acceptors (Lipinski definition) is 4. The molecule has 0 saturated carbocycles. The maximum Gasteiger partial charge on any atom is 0.322 e. The number of benzene rings is 1. The predicted octanol–water partition coefficient (Wildman–Crippen LogP) is 0.372. The first-order valence-corrected chi connectivity index (χ1v) is 6.65. The lowest BCUT2D eigenvalue weighted by Gasteiger charge is -2.36. The molecule has 0 aliphatic carbocycles. The predicted molar refractivity (Wildman–Crippen MR) is 75.5 cm³/mol. The van der Waals surface area contributed by atoms with Crippen LogP contribution in [0.5, 0.6) is 0 Å². The van der Waals surface area contributed by atoms with E-state index >= 15 is 0 Å². The molecule has 0 aromatic heterocycles. The molecule has 0 spiro atoms. The zero-order valence-electron chi connectivity index (χ0n) is 11.4. The highest BCUT2D eigenvalue weighted by Crippen LogP contribution is 2.12. The van der Waals surface area contributed by atoms with E-state index in [4.69, 9.17) is 0 Å². The molecule has 6 heteroatoms. The van der Waals surface area contributed by atoms with Crippen molar-refractivity contribution in [1.82, 2.24) is 10.2 Å². The van der Waals surface area contributed by atoms with Crippen molar-refractivity contribution < 1.29 is 14.7 Å². The van der Waals surface area contributed by atoms with Gasteiger partial charge in [-0.15, -0.1) is 0 Å². The van der Waals surface area contributed by atoms with Gasteiger partial charge in [-0.1, -0.05) is 18.2 Å². The van der Waals surface area contributed by atoms with Gasteiger partial charge >= 0.3 is 5.97 Å². The van der Waals surface area contributed by atoms with Crippen LogP contribution in [0, 0.1) is 0 Å². The molecule has 1 fully saturated rings. The van der Waals surface area contributed by atoms with Crippen molar-refractivity contribution >= 4 is 17.6 Å². The Balaban J connectivity index is 2.03. The molecule has 1 aliphatic heterocycles. The van der Waals surface area contributed by atoms with Crippen LogP contribution in [-0.4, -0.2) is 53.6 Å². The van der Waals surface area contributed by atoms with Crippen LogP contribution in [0.15, 0.2) is 30.3 Å². The summed E-state index contributed by atoms with van der Waals surface area (Å²) >= 11 is 0. The van der Waals surface area contributed by atoms with Crippen molar-refractivity contribution in [2.24, 2.45) is 0 Å². The number of rotatable bonds is 4. The second kappa shape index (κ2) is 6.49. The average Bonchev–Trinajstić information content (AvgIpc) is 2.47. The molecule has 2 rings (SSSR count). The van der Waals surface area contributed by atoms with Crippen LogP contribution in [0.3, 0.4) is 0 Å². The number of nitrogens with one attached hydrogen (secondary N) is 2. The quantitative estimate of drug-likeness (QED) is 0.741. The lowest BCUT2D eigenvalue weighted by molar-refractivity contribution is -0.145. The topological polar surface area (TPSA) is 81.7 Å². The van der Waals surface area contributed by atoms with Crippen LogP contribution in [-0.2, 0) is 9.59 Å². The van der Waals surface area contributed by atoms with Gasteiger partial charge in [-0.2, -0.15) is 0 Å². The van der Waals surface area contributed by atoms with E-state index in [1.165, 1.54) is 0 Å². The van der Waals surface area contributed by atoms with Crippen LogP contribution in [0.2, 0.25) is 0 Å². The fourth-order valence-electron chi connectivity index (χ4n) is 2.33. The van der Waals surface area contributed by atoms with Crippen LogP contribution < -0.4 is 10.6 Å². The van der Waals surface area contributed by atoms with Gasteiger partial charge in [0.15, 0.2) is 0 Å². The number of carboxylic acid groups (broad SMARTS) is 1. The minimum atomic E-state index is -0.906. The van der Waals surface area contributed by atoms with Crippen molar-refractivity contribution in [2.75, 3.05) is 25.0 Å². The smallest absolute Gasteiger partial charge is 0.322 e. The molecule has 1 aromatic carbocycles. The highest BCUT2D eigenvalue weighted by Gasteiger charge is 2.34. The Kier molecular flexibility index (Phi) is 4.70. The van der Waals surface area contributed by atoms with E-state index in [2.05, 4.69) is 10.6 Å².